The van der Waals surface area contributed by atoms with Crippen LogP contribution < -0.4 is 0 Å². The van der Waals surface area contributed by atoms with E-state index in [1.165, 1.54) is 13.8 Å². The first-order valence-corrected chi connectivity index (χ1v) is 13.0. The summed E-state index contributed by atoms with van der Waals surface area (Å²) in [7, 11) is 0. The molecule has 1 N–H and O–H groups in total. The third-order valence-corrected chi connectivity index (χ3v) is 10.5. The lowest BCUT2D eigenvalue weighted by Crippen LogP contribution is -2.59. The highest BCUT2D eigenvalue weighted by atomic mass is 16.5. The van der Waals surface area contributed by atoms with Gasteiger partial charge in [-0.2, -0.15) is 0 Å². The Morgan fingerprint density at radius 3 is 2.18 bits per heavy atom. The van der Waals surface area contributed by atoms with Crippen LogP contribution in [0.3, 0.4) is 0 Å². The molecule has 4 aliphatic rings. The van der Waals surface area contributed by atoms with E-state index in [1.807, 2.05) is 0 Å². The Morgan fingerprint density at radius 1 is 0.909 bits per heavy atom. The van der Waals surface area contributed by atoms with Gasteiger partial charge >= 0.3 is 17.9 Å². The van der Waals surface area contributed by atoms with Crippen LogP contribution in [0, 0.1) is 46.3 Å². The molecule has 10 atom stereocenters. The fourth-order valence-corrected chi connectivity index (χ4v) is 9.23. The Kier molecular flexibility index (Phi) is 6.60. The van der Waals surface area contributed by atoms with Crippen molar-refractivity contribution in [1.29, 1.82) is 0 Å². The number of aliphatic carboxylic acids is 1. The molecular formula is C27H42O6. The van der Waals surface area contributed by atoms with Crippen LogP contribution >= 0.6 is 0 Å². The van der Waals surface area contributed by atoms with Gasteiger partial charge in [0, 0.05) is 26.2 Å². The van der Waals surface area contributed by atoms with E-state index in [0.29, 0.717) is 29.6 Å². The normalized spacial score (nSPS) is 45.2. The van der Waals surface area contributed by atoms with Crippen molar-refractivity contribution in [2.45, 2.75) is 105 Å². The van der Waals surface area contributed by atoms with Crippen LogP contribution in [0.1, 0.15) is 92.4 Å². The lowest BCUT2D eigenvalue weighted by atomic mass is 9.43. The molecule has 0 aromatic heterocycles. The Balaban J connectivity index is 1.62. The third kappa shape index (κ3) is 4.32. The van der Waals surface area contributed by atoms with E-state index in [-0.39, 0.29) is 47.3 Å². The topological polar surface area (TPSA) is 89.9 Å². The maximum absolute atomic E-state index is 12.1. The summed E-state index contributed by atoms with van der Waals surface area (Å²) in [4.78, 5) is 35.2. The van der Waals surface area contributed by atoms with Gasteiger partial charge in [-0.15, -0.1) is 0 Å². The van der Waals surface area contributed by atoms with E-state index in [2.05, 4.69) is 20.8 Å². The molecule has 6 heteroatoms. The number of rotatable bonds is 5. The molecule has 186 valence electrons. The van der Waals surface area contributed by atoms with E-state index < -0.39 is 5.97 Å². The van der Waals surface area contributed by atoms with Gasteiger partial charge in [0.2, 0.25) is 0 Å². The number of hydrogen-bond acceptors (Lipinski definition) is 5. The minimum Gasteiger partial charge on any atom is -0.481 e. The Morgan fingerprint density at radius 2 is 1.55 bits per heavy atom. The van der Waals surface area contributed by atoms with Gasteiger partial charge < -0.3 is 14.6 Å². The van der Waals surface area contributed by atoms with Crippen molar-refractivity contribution in [2.75, 3.05) is 0 Å². The van der Waals surface area contributed by atoms with E-state index >= 15 is 0 Å². The van der Waals surface area contributed by atoms with Crippen LogP contribution in [0.25, 0.3) is 0 Å². The number of hydrogen-bond donors (Lipinski definition) is 1. The molecule has 33 heavy (non-hydrogen) atoms. The highest BCUT2D eigenvalue weighted by Crippen LogP contribution is 2.68. The van der Waals surface area contributed by atoms with Gasteiger partial charge in [0.1, 0.15) is 12.2 Å². The van der Waals surface area contributed by atoms with Gasteiger partial charge in [0.05, 0.1) is 0 Å². The smallest absolute Gasteiger partial charge is 0.303 e. The number of carboxylic acids is 1. The van der Waals surface area contributed by atoms with Gasteiger partial charge in [-0.05, 0) is 91.8 Å². The van der Waals surface area contributed by atoms with Gasteiger partial charge in [-0.3, -0.25) is 14.4 Å². The fourth-order valence-electron chi connectivity index (χ4n) is 9.23. The quantitative estimate of drug-likeness (QED) is 0.563. The van der Waals surface area contributed by atoms with Crippen molar-refractivity contribution < 1.29 is 29.0 Å². The second-order valence-electron chi connectivity index (χ2n) is 12.2. The minimum atomic E-state index is -0.710. The predicted molar refractivity (Wildman–Crippen MR) is 123 cm³/mol. The summed E-state index contributed by atoms with van der Waals surface area (Å²) in [6, 6.07) is 0. The lowest BCUT2D eigenvalue weighted by Gasteiger charge is -2.62. The SMILES string of the molecule is CC(=O)O[C@@H]1CC[C@@]2(C)[C@H](C1)C[C@H](OC(C)=O)[C@@H]1[C@@H]2CC[C@]2(C)[C@@H]([C@H](C)CC(=O)O)CC[C@@H]12. The number of carboxylic acid groups (broad SMARTS) is 1. The summed E-state index contributed by atoms with van der Waals surface area (Å²) in [6.45, 7) is 9.93. The number of fused-ring (bicyclic) bond motifs is 5. The molecule has 0 unspecified atom stereocenters. The van der Waals surface area contributed by atoms with Crippen LogP contribution in [0.5, 0.6) is 0 Å². The van der Waals surface area contributed by atoms with Gasteiger partial charge in [0.15, 0.2) is 0 Å². The molecule has 0 aromatic rings. The summed E-state index contributed by atoms with van der Waals surface area (Å²) < 4.78 is 11.6. The van der Waals surface area contributed by atoms with E-state index in [4.69, 9.17) is 9.47 Å². The van der Waals surface area contributed by atoms with Gasteiger partial charge in [-0.1, -0.05) is 20.8 Å². The molecule has 4 saturated carbocycles. The first-order valence-electron chi connectivity index (χ1n) is 13.0. The van der Waals surface area contributed by atoms with Gasteiger partial charge in [0.25, 0.3) is 0 Å². The molecule has 0 amide bonds. The lowest BCUT2D eigenvalue weighted by molar-refractivity contribution is -0.197. The Hall–Kier alpha value is -1.59. The molecule has 0 saturated heterocycles. The number of carbonyl (C=O) groups is 3. The van der Waals surface area contributed by atoms with Crippen LogP contribution in [-0.2, 0) is 23.9 Å². The monoisotopic (exact) mass is 462 g/mol. The summed E-state index contributed by atoms with van der Waals surface area (Å²) in [5, 5.41) is 9.40. The summed E-state index contributed by atoms with van der Waals surface area (Å²) in [6.07, 6.45) is 8.16. The molecule has 4 aliphatic carbocycles. The Labute approximate surface area is 198 Å². The Bertz CT molecular complexity index is 793. The number of carbonyl (C=O) groups excluding carboxylic acids is 2. The standard InChI is InChI=1S/C27H42O6/c1-15(12-24(30)31)20-6-7-21-25-22(9-11-27(20,21)5)26(4)10-8-19(32-16(2)28)13-18(26)14-23(25)33-17(3)29/h15,18-23,25H,6-14H2,1-5H3,(H,30,31)/t15-,18-,19-,20-,21+,22+,23+,25+,26+,27-/m1/s1. The van der Waals surface area contributed by atoms with Crippen molar-refractivity contribution in [3.05, 3.63) is 0 Å². The molecule has 0 aliphatic heterocycles. The van der Waals surface area contributed by atoms with Crippen molar-refractivity contribution in [3.63, 3.8) is 0 Å². The summed E-state index contributed by atoms with van der Waals surface area (Å²) in [5.74, 6) is 1.10. The molecule has 6 nitrogen and oxygen atoms in total. The highest BCUT2D eigenvalue weighted by molar-refractivity contribution is 5.67. The molecular weight excluding hydrogens is 420 g/mol. The first kappa shape index (κ1) is 24.5. The van der Waals surface area contributed by atoms with Crippen molar-refractivity contribution in [1.82, 2.24) is 0 Å². The molecule has 0 radical (unpaired) electrons. The number of ether oxygens (including phenoxy) is 2. The summed E-state index contributed by atoms with van der Waals surface area (Å²) >= 11 is 0. The maximum atomic E-state index is 12.1. The number of esters is 2. The van der Waals surface area contributed by atoms with Crippen LogP contribution in [0.15, 0.2) is 0 Å². The second-order valence-corrected chi connectivity index (χ2v) is 12.2. The average Bonchev–Trinajstić information content (AvgIpc) is 3.05. The highest BCUT2D eigenvalue weighted by Gasteiger charge is 2.64. The van der Waals surface area contributed by atoms with E-state index in [9.17, 15) is 19.5 Å². The fraction of sp³-hybridized carbons (Fsp3) is 0.889. The third-order valence-electron chi connectivity index (χ3n) is 10.5. The first-order chi connectivity index (χ1) is 15.5. The molecule has 4 fully saturated rings. The molecule has 0 aromatic carbocycles. The zero-order chi connectivity index (χ0) is 24.1. The zero-order valence-corrected chi connectivity index (χ0v) is 21.0. The van der Waals surface area contributed by atoms with E-state index in [0.717, 1.165) is 51.4 Å². The average molecular weight is 463 g/mol. The summed E-state index contributed by atoms with van der Waals surface area (Å²) in [5.41, 5.74) is 0.274. The van der Waals surface area contributed by atoms with Crippen molar-refractivity contribution >= 4 is 17.9 Å². The molecule has 4 rings (SSSR count). The van der Waals surface area contributed by atoms with Crippen LogP contribution in [0.2, 0.25) is 0 Å². The predicted octanol–water partition coefficient (Wildman–Crippen LogP) is 5.23. The molecule has 0 bridgehead atoms. The van der Waals surface area contributed by atoms with Crippen LogP contribution in [-0.4, -0.2) is 35.2 Å². The van der Waals surface area contributed by atoms with Crippen molar-refractivity contribution in [3.8, 4) is 0 Å². The largest absolute Gasteiger partial charge is 0.481 e. The van der Waals surface area contributed by atoms with E-state index in [1.54, 1.807) is 0 Å². The van der Waals surface area contributed by atoms with Gasteiger partial charge in [-0.25, -0.2) is 0 Å². The zero-order valence-electron chi connectivity index (χ0n) is 21.0. The van der Waals surface area contributed by atoms with Crippen LogP contribution in [0.4, 0.5) is 0 Å². The molecule has 0 heterocycles. The second kappa shape index (κ2) is 8.88. The van der Waals surface area contributed by atoms with Crippen molar-refractivity contribution in [2.24, 2.45) is 46.3 Å². The molecule has 0 spiro atoms. The minimum absolute atomic E-state index is 0.0308. The maximum Gasteiger partial charge on any atom is 0.303 e.